The minimum absolute atomic E-state index is 0.331. The fourth-order valence-electron chi connectivity index (χ4n) is 1.60. The van der Waals surface area contributed by atoms with Gasteiger partial charge in [-0.15, -0.1) is 11.3 Å². The number of hydrogen-bond donors (Lipinski definition) is 2. The van der Waals surface area contributed by atoms with Gasteiger partial charge in [0.05, 0.1) is 16.8 Å². The number of rotatable bonds is 4. The summed E-state index contributed by atoms with van der Waals surface area (Å²) in [6.45, 7) is 2.76. The van der Waals surface area contributed by atoms with Crippen LogP contribution in [0.1, 0.15) is 25.1 Å². The molecule has 0 amide bonds. The third-order valence-corrected chi connectivity index (χ3v) is 4.32. The first kappa shape index (κ1) is 11.8. The Bertz CT molecular complexity index is 459. The number of nitrogens with one attached hydrogen (secondary N) is 1. The Balaban J connectivity index is 2.25. The van der Waals surface area contributed by atoms with Gasteiger partial charge in [-0.25, -0.2) is 4.98 Å². The van der Waals surface area contributed by atoms with E-state index in [-0.39, 0.29) is 0 Å². The molecular weight excluding hydrogens is 286 g/mol. The number of H-pyrrole nitrogens is 1. The van der Waals surface area contributed by atoms with Gasteiger partial charge in [-0.1, -0.05) is 6.92 Å². The topological polar surface area (TPSA) is 54.7 Å². The summed E-state index contributed by atoms with van der Waals surface area (Å²) in [6.07, 6.45) is 2.89. The summed E-state index contributed by atoms with van der Waals surface area (Å²) in [4.78, 5) is 8.93. The van der Waals surface area contributed by atoms with Crippen molar-refractivity contribution in [1.29, 1.82) is 0 Å². The van der Waals surface area contributed by atoms with E-state index < -0.39 is 0 Å². The average molecular weight is 300 g/mol. The summed E-state index contributed by atoms with van der Waals surface area (Å²) >= 11 is 5.14. The number of halogens is 1. The van der Waals surface area contributed by atoms with Crippen molar-refractivity contribution in [1.82, 2.24) is 9.97 Å². The maximum Gasteiger partial charge on any atom is 0.110 e. The Labute approximate surface area is 107 Å². The standard InChI is InChI=1S/C11H14BrN3S/c1-2-7(4-13)11-14-5-9(15-11)10-3-8(12)6-16-10/h3,5-7H,2,4,13H2,1H3,(H,14,15). The normalized spacial score (nSPS) is 12.9. The van der Waals surface area contributed by atoms with Crippen LogP contribution in [0.15, 0.2) is 22.1 Å². The predicted octanol–water partition coefficient (Wildman–Crippen LogP) is 3.35. The van der Waals surface area contributed by atoms with Gasteiger partial charge in [0.2, 0.25) is 0 Å². The van der Waals surface area contributed by atoms with E-state index in [2.05, 4.69) is 44.3 Å². The number of aromatic amines is 1. The smallest absolute Gasteiger partial charge is 0.110 e. The maximum absolute atomic E-state index is 5.70. The van der Waals surface area contributed by atoms with Crippen LogP contribution in [0.3, 0.4) is 0 Å². The lowest BCUT2D eigenvalue weighted by Crippen LogP contribution is -2.12. The number of imidazole rings is 1. The first-order valence-corrected chi connectivity index (χ1v) is 6.91. The number of aromatic nitrogens is 2. The molecule has 2 aromatic rings. The lowest BCUT2D eigenvalue weighted by Gasteiger charge is -2.07. The van der Waals surface area contributed by atoms with Gasteiger partial charge in [-0.2, -0.15) is 0 Å². The molecule has 3 N–H and O–H groups in total. The molecule has 0 radical (unpaired) electrons. The zero-order valence-corrected chi connectivity index (χ0v) is 11.4. The second-order valence-electron chi connectivity index (χ2n) is 3.65. The number of thiophene rings is 1. The van der Waals surface area contributed by atoms with Crippen LogP contribution in [-0.2, 0) is 0 Å². The minimum atomic E-state index is 0.331. The first-order chi connectivity index (χ1) is 7.74. The van der Waals surface area contributed by atoms with E-state index in [9.17, 15) is 0 Å². The molecule has 0 saturated heterocycles. The molecule has 3 nitrogen and oxygen atoms in total. The SMILES string of the molecule is CCC(CN)c1ncc(-c2cc(Br)cs2)[nH]1. The molecule has 1 unspecified atom stereocenters. The number of nitrogens with zero attached hydrogens (tertiary/aromatic N) is 1. The number of hydrogen-bond acceptors (Lipinski definition) is 3. The molecule has 0 fully saturated rings. The van der Waals surface area contributed by atoms with Crippen LogP contribution < -0.4 is 5.73 Å². The molecule has 0 spiro atoms. The van der Waals surface area contributed by atoms with Crippen molar-refractivity contribution in [3.05, 3.63) is 27.9 Å². The molecule has 0 aliphatic carbocycles. The quantitative estimate of drug-likeness (QED) is 0.909. The molecular formula is C11H14BrN3S. The Morgan fingerprint density at radius 3 is 3.00 bits per heavy atom. The van der Waals surface area contributed by atoms with Crippen LogP contribution in [0, 0.1) is 0 Å². The second-order valence-corrected chi connectivity index (χ2v) is 5.48. The summed E-state index contributed by atoms with van der Waals surface area (Å²) < 4.78 is 1.11. The van der Waals surface area contributed by atoms with E-state index in [0.717, 1.165) is 22.4 Å². The van der Waals surface area contributed by atoms with Gasteiger partial charge in [-0.05, 0) is 28.4 Å². The lowest BCUT2D eigenvalue weighted by molar-refractivity contribution is 0.639. The zero-order valence-electron chi connectivity index (χ0n) is 9.03. The summed E-state index contributed by atoms with van der Waals surface area (Å²) in [5, 5.41) is 2.07. The third kappa shape index (κ3) is 2.36. The van der Waals surface area contributed by atoms with Crippen molar-refractivity contribution in [2.24, 2.45) is 5.73 Å². The highest BCUT2D eigenvalue weighted by atomic mass is 79.9. The molecule has 0 aliphatic rings. The van der Waals surface area contributed by atoms with Crippen molar-refractivity contribution in [3.63, 3.8) is 0 Å². The Morgan fingerprint density at radius 1 is 1.62 bits per heavy atom. The van der Waals surface area contributed by atoms with Crippen LogP contribution >= 0.6 is 27.3 Å². The van der Waals surface area contributed by atoms with Crippen LogP contribution in [0.4, 0.5) is 0 Å². The van der Waals surface area contributed by atoms with E-state index in [1.807, 2.05) is 6.20 Å². The van der Waals surface area contributed by atoms with Crippen LogP contribution in [0.25, 0.3) is 10.6 Å². The Kier molecular flexibility index (Phi) is 3.78. The summed E-state index contributed by atoms with van der Waals surface area (Å²) in [7, 11) is 0. The molecule has 16 heavy (non-hydrogen) atoms. The van der Waals surface area contributed by atoms with Crippen LogP contribution in [0.5, 0.6) is 0 Å². The predicted molar refractivity (Wildman–Crippen MR) is 71.7 cm³/mol. The van der Waals surface area contributed by atoms with Crippen LogP contribution in [-0.4, -0.2) is 16.5 Å². The molecule has 2 rings (SSSR count). The molecule has 5 heteroatoms. The van der Waals surface area contributed by atoms with Gasteiger partial charge in [0.1, 0.15) is 5.82 Å². The molecule has 2 aromatic heterocycles. The zero-order chi connectivity index (χ0) is 11.5. The van der Waals surface area contributed by atoms with E-state index >= 15 is 0 Å². The first-order valence-electron chi connectivity index (χ1n) is 5.24. The molecule has 86 valence electrons. The van der Waals surface area contributed by atoms with E-state index in [0.29, 0.717) is 12.5 Å². The van der Waals surface area contributed by atoms with E-state index in [4.69, 9.17) is 5.73 Å². The van der Waals surface area contributed by atoms with Gasteiger partial charge >= 0.3 is 0 Å². The minimum Gasteiger partial charge on any atom is -0.341 e. The molecule has 1 atom stereocenters. The summed E-state index contributed by atoms with van der Waals surface area (Å²) in [6, 6.07) is 2.09. The van der Waals surface area contributed by atoms with Crippen LogP contribution in [0.2, 0.25) is 0 Å². The van der Waals surface area contributed by atoms with Crippen molar-refractivity contribution in [3.8, 4) is 10.6 Å². The fourth-order valence-corrected chi connectivity index (χ4v) is 2.99. The van der Waals surface area contributed by atoms with E-state index in [1.54, 1.807) is 11.3 Å². The highest BCUT2D eigenvalue weighted by Crippen LogP contribution is 2.29. The molecule has 0 bridgehead atoms. The summed E-state index contributed by atoms with van der Waals surface area (Å²) in [5.74, 6) is 1.32. The van der Waals surface area contributed by atoms with Crippen molar-refractivity contribution in [2.75, 3.05) is 6.54 Å². The second kappa shape index (κ2) is 5.12. The molecule has 0 aliphatic heterocycles. The Hall–Kier alpha value is -0.650. The highest BCUT2D eigenvalue weighted by molar-refractivity contribution is 9.10. The monoisotopic (exact) mass is 299 g/mol. The molecule has 0 saturated carbocycles. The fraction of sp³-hybridized carbons (Fsp3) is 0.364. The van der Waals surface area contributed by atoms with Gasteiger partial charge in [0, 0.05) is 22.3 Å². The average Bonchev–Trinajstić information content (AvgIpc) is 2.89. The largest absolute Gasteiger partial charge is 0.341 e. The van der Waals surface area contributed by atoms with Gasteiger partial charge in [-0.3, -0.25) is 0 Å². The van der Waals surface area contributed by atoms with Gasteiger partial charge in [0.15, 0.2) is 0 Å². The van der Waals surface area contributed by atoms with Crippen molar-refractivity contribution >= 4 is 27.3 Å². The third-order valence-electron chi connectivity index (χ3n) is 2.59. The Morgan fingerprint density at radius 2 is 2.44 bits per heavy atom. The van der Waals surface area contributed by atoms with Gasteiger partial charge in [0.25, 0.3) is 0 Å². The van der Waals surface area contributed by atoms with E-state index in [1.165, 1.54) is 4.88 Å². The molecule has 2 heterocycles. The maximum atomic E-state index is 5.70. The highest BCUT2D eigenvalue weighted by Gasteiger charge is 2.12. The summed E-state index contributed by atoms with van der Waals surface area (Å²) in [5.41, 5.74) is 6.77. The number of nitrogens with two attached hydrogens (primary N) is 1. The van der Waals surface area contributed by atoms with Gasteiger partial charge < -0.3 is 10.7 Å². The molecule has 0 aromatic carbocycles. The van der Waals surface area contributed by atoms with Crippen molar-refractivity contribution in [2.45, 2.75) is 19.3 Å². The lowest BCUT2D eigenvalue weighted by atomic mass is 10.1. The van der Waals surface area contributed by atoms with Crippen molar-refractivity contribution < 1.29 is 0 Å².